The Morgan fingerprint density at radius 1 is 1.18 bits per heavy atom. The molecule has 2 atom stereocenters. The highest BCUT2D eigenvalue weighted by Crippen LogP contribution is 2.54. The van der Waals surface area contributed by atoms with Crippen LogP contribution in [0.4, 0.5) is 0 Å². The number of carbonyl (C=O) groups excluding carboxylic acids is 1. The van der Waals surface area contributed by atoms with Crippen molar-refractivity contribution in [3.63, 3.8) is 0 Å². The van der Waals surface area contributed by atoms with Crippen LogP contribution in [0.1, 0.15) is 52.9 Å². The SMILES string of the molecule is C=C(C)C(=O)OC1(C2CC2)C(C)CCCC1C. The Labute approximate surface area is 104 Å². The van der Waals surface area contributed by atoms with E-state index < -0.39 is 0 Å². The molecule has 0 aromatic carbocycles. The van der Waals surface area contributed by atoms with Crippen LogP contribution in [0.25, 0.3) is 0 Å². The van der Waals surface area contributed by atoms with E-state index in [9.17, 15) is 4.79 Å². The minimum atomic E-state index is -0.200. The molecule has 0 aliphatic heterocycles. The minimum absolute atomic E-state index is 0.197. The van der Waals surface area contributed by atoms with Gasteiger partial charge in [-0.1, -0.05) is 26.8 Å². The maximum atomic E-state index is 11.9. The summed E-state index contributed by atoms with van der Waals surface area (Å²) in [5.41, 5.74) is 0.323. The van der Waals surface area contributed by atoms with E-state index in [1.54, 1.807) is 6.92 Å². The normalized spacial score (nSPS) is 37.6. The molecule has 0 saturated heterocycles. The second kappa shape index (κ2) is 4.47. The fourth-order valence-corrected chi connectivity index (χ4v) is 3.54. The summed E-state index contributed by atoms with van der Waals surface area (Å²) in [6.07, 6.45) is 6.08. The maximum Gasteiger partial charge on any atom is 0.333 e. The average molecular weight is 236 g/mol. The molecular formula is C15H24O2. The lowest BCUT2D eigenvalue weighted by Crippen LogP contribution is -2.51. The molecule has 2 aliphatic carbocycles. The first kappa shape index (κ1) is 12.7. The first-order chi connectivity index (χ1) is 7.98. The van der Waals surface area contributed by atoms with Crippen LogP contribution in [0.15, 0.2) is 12.2 Å². The molecule has 0 N–H and O–H groups in total. The number of esters is 1. The van der Waals surface area contributed by atoms with Crippen molar-refractivity contribution in [1.29, 1.82) is 0 Å². The number of hydrogen-bond acceptors (Lipinski definition) is 2. The number of rotatable bonds is 3. The predicted octanol–water partition coefficient (Wildman–Crippen LogP) is 3.71. The predicted molar refractivity (Wildman–Crippen MR) is 68.5 cm³/mol. The third kappa shape index (κ3) is 2.14. The van der Waals surface area contributed by atoms with Crippen molar-refractivity contribution in [2.24, 2.45) is 17.8 Å². The first-order valence-corrected chi connectivity index (χ1v) is 6.87. The van der Waals surface area contributed by atoms with Crippen LogP contribution in [0.2, 0.25) is 0 Å². The topological polar surface area (TPSA) is 26.3 Å². The van der Waals surface area contributed by atoms with Gasteiger partial charge in [-0.3, -0.25) is 0 Å². The van der Waals surface area contributed by atoms with Gasteiger partial charge in [0.25, 0.3) is 0 Å². The van der Waals surface area contributed by atoms with Gasteiger partial charge < -0.3 is 4.74 Å². The Bertz CT molecular complexity index is 318. The molecule has 2 saturated carbocycles. The summed E-state index contributed by atoms with van der Waals surface area (Å²) >= 11 is 0. The molecule has 17 heavy (non-hydrogen) atoms. The molecule has 96 valence electrons. The number of ether oxygens (including phenoxy) is 1. The second-order valence-electron chi connectivity index (χ2n) is 6.03. The van der Waals surface area contributed by atoms with Crippen LogP contribution in [-0.4, -0.2) is 11.6 Å². The van der Waals surface area contributed by atoms with Gasteiger partial charge in [-0.15, -0.1) is 0 Å². The molecule has 0 heterocycles. The van der Waals surface area contributed by atoms with Gasteiger partial charge in [-0.25, -0.2) is 4.79 Å². The van der Waals surface area contributed by atoms with E-state index >= 15 is 0 Å². The summed E-state index contributed by atoms with van der Waals surface area (Å²) in [6.45, 7) is 9.94. The van der Waals surface area contributed by atoms with Gasteiger partial charge in [0.2, 0.25) is 0 Å². The Balaban J connectivity index is 2.23. The van der Waals surface area contributed by atoms with Crippen LogP contribution in [0, 0.1) is 17.8 Å². The van der Waals surface area contributed by atoms with E-state index in [1.165, 1.54) is 32.1 Å². The summed E-state index contributed by atoms with van der Waals surface area (Å²) in [5, 5.41) is 0. The monoisotopic (exact) mass is 236 g/mol. The van der Waals surface area contributed by atoms with E-state index in [0.29, 0.717) is 23.3 Å². The van der Waals surface area contributed by atoms with E-state index in [2.05, 4.69) is 20.4 Å². The van der Waals surface area contributed by atoms with Gasteiger partial charge in [0.15, 0.2) is 0 Å². The third-order valence-electron chi connectivity index (χ3n) is 4.65. The third-order valence-corrected chi connectivity index (χ3v) is 4.65. The molecule has 0 bridgehead atoms. The van der Waals surface area contributed by atoms with Gasteiger partial charge >= 0.3 is 5.97 Å². The molecular weight excluding hydrogens is 212 g/mol. The van der Waals surface area contributed by atoms with Crippen molar-refractivity contribution >= 4 is 5.97 Å². The van der Waals surface area contributed by atoms with Crippen LogP contribution >= 0.6 is 0 Å². The zero-order valence-electron chi connectivity index (χ0n) is 11.3. The lowest BCUT2D eigenvalue weighted by Gasteiger charge is -2.47. The summed E-state index contributed by atoms with van der Waals surface area (Å²) in [6, 6.07) is 0. The van der Waals surface area contributed by atoms with E-state index in [0.717, 1.165) is 0 Å². The average Bonchev–Trinajstić information content (AvgIpc) is 3.07. The first-order valence-electron chi connectivity index (χ1n) is 6.87. The number of hydrogen-bond donors (Lipinski definition) is 0. The highest BCUT2D eigenvalue weighted by atomic mass is 16.6. The van der Waals surface area contributed by atoms with Gasteiger partial charge in [-0.05, 0) is 50.4 Å². The van der Waals surface area contributed by atoms with Crippen molar-refractivity contribution in [3.8, 4) is 0 Å². The molecule has 0 spiro atoms. The Morgan fingerprint density at radius 2 is 1.71 bits per heavy atom. The Kier molecular flexibility index (Phi) is 3.33. The zero-order valence-corrected chi connectivity index (χ0v) is 11.3. The molecule has 2 nitrogen and oxygen atoms in total. The van der Waals surface area contributed by atoms with Gasteiger partial charge in [0.05, 0.1) is 0 Å². The van der Waals surface area contributed by atoms with Crippen LogP contribution in [0.5, 0.6) is 0 Å². The van der Waals surface area contributed by atoms with Crippen LogP contribution < -0.4 is 0 Å². The highest BCUT2D eigenvalue weighted by molar-refractivity contribution is 5.87. The fraction of sp³-hybridized carbons (Fsp3) is 0.800. The van der Waals surface area contributed by atoms with Gasteiger partial charge in [0.1, 0.15) is 5.60 Å². The number of carbonyl (C=O) groups is 1. The fourth-order valence-electron chi connectivity index (χ4n) is 3.54. The molecule has 2 rings (SSSR count). The Hall–Kier alpha value is -0.790. The van der Waals surface area contributed by atoms with Crippen molar-refractivity contribution < 1.29 is 9.53 Å². The van der Waals surface area contributed by atoms with Crippen LogP contribution in [0.3, 0.4) is 0 Å². The van der Waals surface area contributed by atoms with Crippen molar-refractivity contribution in [3.05, 3.63) is 12.2 Å². The van der Waals surface area contributed by atoms with Crippen molar-refractivity contribution in [1.82, 2.24) is 0 Å². The molecule has 0 aromatic heterocycles. The lowest BCUT2D eigenvalue weighted by atomic mass is 9.67. The molecule has 0 amide bonds. The maximum absolute atomic E-state index is 11.9. The molecule has 2 fully saturated rings. The smallest absolute Gasteiger partial charge is 0.333 e. The largest absolute Gasteiger partial charge is 0.455 e. The van der Waals surface area contributed by atoms with Gasteiger partial charge in [-0.2, -0.15) is 0 Å². The van der Waals surface area contributed by atoms with Crippen LogP contribution in [-0.2, 0) is 9.53 Å². The van der Waals surface area contributed by atoms with E-state index in [1.807, 2.05) is 0 Å². The summed E-state index contributed by atoms with van der Waals surface area (Å²) in [7, 11) is 0. The van der Waals surface area contributed by atoms with Crippen molar-refractivity contribution in [2.75, 3.05) is 0 Å². The quantitative estimate of drug-likeness (QED) is 0.551. The molecule has 0 radical (unpaired) electrons. The van der Waals surface area contributed by atoms with Gasteiger partial charge in [0, 0.05) is 5.57 Å². The summed E-state index contributed by atoms with van der Waals surface area (Å²) < 4.78 is 5.95. The van der Waals surface area contributed by atoms with E-state index in [4.69, 9.17) is 4.74 Å². The van der Waals surface area contributed by atoms with E-state index in [-0.39, 0.29) is 11.6 Å². The summed E-state index contributed by atoms with van der Waals surface area (Å²) in [5.74, 6) is 1.37. The zero-order chi connectivity index (χ0) is 12.6. The molecule has 2 aliphatic rings. The standard InChI is InChI=1S/C15H24O2/c1-10(2)14(16)17-15(13-8-9-13)11(3)6-5-7-12(15)4/h11-13H,1,5-9H2,2-4H3. The molecule has 0 aromatic rings. The highest BCUT2D eigenvalue weighted by Gasteiger charge is 2.56. The van der Waals surface area contributed by atoms with Crippen molar-refractivity contribution in [2.45, 2.75) is 58.5 Å². The Morgan fingerprint density at radius 3 is 2.12 bits per heavy atom. The second-order valence-corrected chi connectivity index (χ2v) is 6.03. The minimum Gasteiger partial charge on any atom is -0.455 e. The lowest BCUT2D eigenvalue weighted by molar-refractivity contribution is -0.179. The molecule has 2 heteroatoms. The summed E-state index contributed by atoms with van der Waals surface area (Å²) in [4.78, 5) is 11.9. The molecule has 2 unspecified atom stereocenters.